The minimum Gasteiger partial charge on any atom is -0.360 e. The molecule has 1 fully saturated rings. The third-order valence-electron chi connectivity index (χ3n) is 3.84. The van der Waals surface area contributed by atoms with E-state index in [1.807, 2.05) is 30.3 Å². The Bertz CT molecular complexity index is 705. The van der Waals surface area contributed by atoms with Gasteiger partial charge >= 0.3 is 0 Å². The lowest BCUT2D eigenvalue weighted by Gasteiger charge is -2.21. The van der Waals surface area contributed by atoms with E-state index >= 15 is 0 Å². The number of carbonyl (C=O) groups excluding carboxylic acids is 2. The van der Waals surface area contributed by atoms with Crippen molar-refractivity contribution in [1.29, 1.82) is 0 Å². The first-order valence-electron chi connectivity index (χ1n) is 7.60. The van der Waals surface area contributed by atoms with Crippen molar-refractivity contribution >= 4 is 11.8 Å². The van der Waals surface area contributed by atoms with E-state index in [9.17, 15) is 9.59 Å². The van der Waals surface area contributed by atoms with Gasteiger partial charge in [-0.25, -0.2) is 0 Å². The molecule has 0 spiro atoms. The molecule has 3 rings (SSSR count). The van der Waals surface area contributed by atoms with Crippen LogP contribution in [0.5, 0.6) is 0 Å². The SMILES string of the molecule is CN(C)C(=O)[C@H](NC(=O)c1cc(C2CC2)on1)c1ccccc1. The number of rotatable bonds is 5. The maximum Gasteiger partial charge on any atom is 0.274 e. The molecule has 0 radical (unpaired) electrons. The highest BCUT2D eigenvalue weighted by Crippen LogP contribution is 2.40. The zero-order valence-electron chi connectivity index (χ0n) is 13.2. The van der Waals surface area contributed by atoms with Crippen LogP contribution in [0.1, 0.15) is 46.6 Å². The summed E-state index contributed by atoms with van der Waals surface area (Å²) < 4.78 is 5.20. The van der Waals surface area contributed by atoms with Crippen molar-refractivity contribution in [3.8, 4) is 0 Å². The summed E-state index contributed by atoms with van der Waals surface area (Å²) in [5.74, 6) is 0.517. The van der Waals surface area contributed by atoms with Crippen LogP contribution in [0.4, 0.5) is 0 Å². The van der Waals surface area contributed by atoms with Crippen molar-refractivity contribution in [3.63, 3.8) is 0 Å². The Hall–Kier alpha value is -2.63. The van der Waals surface area contributed by atoms with Gasteiger partial charge in [0.25, 0.3) is 5.91 Å². The summed E-state index contributed by atoms with van der Waals surface area (Å²) in [7, 11) is 3.32. The number of amides is 2. The molecule has 0 aliphatic heterocycles. The lowest BCUT2D eigenvalue weighted by molar-refractivity contribution is -0.130. The molecule has 0 saturated heterocycles. The van der Waals surface area contributed by atoms with E-state index in [4.69, 9.17) is 4.52 Å². The lowest BCUT2D eigenvalue weighted by atomic mass is 10.1. The summed E-state index contributed by atoms with van der Waals surface area (Å²) in [6, 6.07) is 10.1. The highest BCUT2D eigenvalue weighted by atomic mass is 16.5. The van der Waals surface area contributed by atoms with Gasteiger partial charge < -0.3 is 14.7 Å². The fourth-order valence-corrected chi connectivity index (χ4v) is 2.35. The maximum atomic E-state index is 12.4. The second kappa shape index (κ2) is 6.24. The van der Waals surface area contributed by atoms with E-state index in [0.717, 1.165) is 24.2 Å². The fraction of sp³-hybridized carbons (Fsp3) is 0.353. The van der Waals surface area contributed by atoms with Gasteiger partial charge in [0.2, 0.25) is 5.91 Å². The standard InChI is InChI=1S/C17H19N3O3/c1-20(2)17(22)15(12-6-4-3-5-7-12)18-16(21)13-10-14(23-19-13)11-8-9-11/h3-7,10-11,15H,8-9H2,1-2H3,(H,18,21)/t15-/m1/s1. The van der Waals surface area contributed by atoms with Crippen molar-refractivity contribution in [1.82, 2.24) is 15.4 Å². The predicted octanol–water partition coefficient (Wildman–Crippen LogP) is 2.11. The van der Waals surface area contributed by atoms with E-state index in [0.29, 0.717) is 5.92 Å². The molecule has 6 nitrogen and oxygen atoms in total. The van der Waals surface area contributed by atoms with E-state index in [1.54, 1.807) is 20.2 Å². The van der Waals surface area contributed by atoms with Crippen LogP contribution in [0.3, 0.4) is 0 Å². The molecule has 2 amide bonds. The monoisotopic (exact) mass is 313 g/mol. The van der Waals surface area contributed by atoms with E-state index in [1.165, 1.54) is 4.90 Å². The molecule has 1 N–H and O–H groups in total. The van der Waals surface area contributed by atoms with Crippen LogP contribution in [0.25, 0.3) is 0 Å². The first-order chi connectivity index (χ1) is 11.1. The summed E-state index contributed by atoms with van der Waals surface area (Å²) >= 11 is 0. The van der Waals surface area contributed by atoms with Crippen molar-refractivity contribution in [2.45, 2.75) is 24.8 Å². The third kappa shape index (κ3) is 3.41. The van der Waals surface area contributed by atoms with Crippen LogP contribution in [0.15, 0.2) is 40.9 Å². The lowest BCUT2D eigenvalue weighted by Crippen LogP contribution is -2.40. The Labute approximate surface area is 134 Å². The molecule has 1 aromatic heterocycles. The molecular weight excluding hydrogens is 294 g/mol. The smallest absolute Gasteiger partial charge is 0.274 e. The van der Waals surface area contributed by atoms with Crippen LogP contribution < -0.4 is 5.32 Å². The third-order valence-corrected chi connectivity index (χ3v) is 3.84. The molecule has 0 bridgehead atoms. The number of nitrogens with zero attached hydrogens (tertiary/aromatic N) is 2. The molecule has 2 aromatic rings. The summed E-state index contributed by atoms with van der Waals surface area (Å²) in [5.41, 5.74) is 0.935. The van der Waals surface area contributed by atoms with Crippen molar-refractivity contribution < 1.29 is 14.1 Å². The quantitative estimate of drug-likeness (QED) is 0.917. The molecule has 0 unspecified atom stereocenters. The molecule has 1 aliphatic carbocycles. The molecule has 120 valence electrons. The molecule has 23 heavy (non-hydrogen) atoms. The van der Waals surface area contributed by atoms with E-state index in [-0.39, 0.29) is 11.6 Å². The molecule has 1 atom stereocenters. The second-order valence-electron chi connectivity index (χ2n) is 5.94. The van der Waals surface area contributed by atoms with Crippen LogP contribution in [-0.2, 0) is 4.79 Å². The van der Waals surface area contributed by atoms with Crippen molar-refractivity contribution in [3.05, 3.63) is 53.4 Å². The summed E-state index contributed by atoms with van der Waals surface area (Å²) in [5, 5.41) is 6.57. The van der Waals surface area contributed by atoms with Gasteiger partial charge in [-0.05, 0) is 18.4 Å². The van der Waals surface area contributed by atoms with E-state index < -0.39 is 11.9 Å². The summed E-state index contributed by atoms with van der Waals surface area (Å²) in [6.45, 7) is 0. The van der Waals surface area contributed by atoms with Gasteiger partial charge in [0.05, 0.1) is 0 Å². The van der Waals surface area contributed by atoms with Crippen molar-refractivity contribution in [2.24, 2.45) is 0 Å². The molecule has 1 aliphatic rings. The zero-order valence-corrected chi connectivity index (χ0v) is 13.2. The number of aromatic nitrogens is 1. The van der Waals surface area contributed by atoms with Gasteiger partial charge in [0, 0.05) is 26.1 Å². The van der Waals surface area contributed by atoms with Crippen LogP contribution in [0.2, 0.25) is 0 Å². The highest BCUT2D eigenvalue weighted by Gasteiger charge is 2.30. The van der Waals surface area contributed by atoms with Crippen LogP contribution in [-0.4, -0.2) is 36.0 Å². The molecule has 1 heterocycles. The molecule has 6 heteroatoms. The first kappa shape index (κ1) is 15.3. The van der Waals surface area contributed by atoms with Gasteiger partial charge in [-0.15, -0.1) is 0 Å². The van der Waals surface area contributed by atoms with Gasteiger partial charge in [0.15, 0.2) is 5.69 Å². The second-order valence-corrected chi connectivity index (χ2v) is 5.94. The minimum atomic E-state index is -0.750. The van der Waals surface area contributed by atoms with Crippen LogP contribution in [0, 0.1) is 0 Å². The Morgan fingerprint density at radius 1 is 1.26 bits per heavy atom. The van der Waals surface area contributed by atoms with Crippen molar-refractivity contribution in [2.75, 3.05) is 14.1 Å². The predicted molar refractivity (Wildman–Crippen MR) is 83.8 cm³/mol. The Morgan fingerprint density at radius 3 is 2.57 bits per heavy atom. The number of nitrogens with one attached hydrogen (secondary N) is 1. The van der Waals surface area contributed by atoms with Crippen LogP contribution >= 0.6 is 0 Å². The molecule has 1 aromatic carbocycles. The average Bonchev–Trinajstić information content (AvgIpc) is 3.29. The number of carbonyl (C=O) groups is 2. The van der Waals surface area contributed by atoms with Gasteiger partial charge in [-0.3, -0.25) is 9.59 Å². The summed E-state index contributed by atoms with van der Waals surface area (Å²) in [4.78, 5) is 26.3. The number of hydrogen-bond acceptors (Lipinski definition) is 4. The topological polar surface area (TPSA) is 75.4 Å². The number of benzene rings is 1. The first-order valence-corrected chi connectivity index (χ1v) is 7.60. The average molecular weight is 313 g/mol. The number of likely N-dealkylation sites (N-methyl/N-ethyl adjacent to an activating group) is 1. The van der Waals surface area contributed by atoms with Gasteiger partial charge in [-0.2, -0.15) is 0 Å². The molecular formula is C17H19N3O3. The Kier molecular flexibility index (Phi) is 4.14. The fourth-order valence-electron chi connectivity index (χ4n) is 2.35. The van der Waals surface area contributed by atoms with Gasteiger partial charge in [-0.1, -0.05) is 35.5 Å². The molecule has 1 saturated carbocycles. The Morgan fingerprint density at radius 2 is 1.96 bits per heavy atom. The normalized spacial score (nSPS) is 15.0. The zero-order chi connectivity index (χ0) is 16.4. The minimum absolute atomic E-state index is 0.199. The van der Waals surface area contributed by atoms with E-state index in [2.05, 4.69) is 10.5 Å². The Balaban J connectivity index is 1.79. The maximum absolute atomic E-state index is 12.4. The number of hydrogen-bond donors (Lipinski definition) is 1. The highest BCUT2D eigenvalue weighted by molar-refractivity contribution is 5.96. The summed E-state index contributed by atoms with van der Waals surface area (Å²) in [6.07, 6.45) is 2.14. The largest absolute Gasteiger partial charge is 0.360 e. The van der Waals surface area contributed by atoms with Gasteiger partial charge in [0.1, 0.15) is 11.8 Å².